The van der Waals surface area contributed by atoms with Gasteiger partial charge in [0, 0.05) is 6.54 Å². The molecule has 0 unspecified atom stereocenters. The van der Waals surface area contributed by atoms with Crippen LogP contribution in [0.3, 0.4) is 0 Å². The van der Waals surface area contributed by atoms with Crippen molar-refractivity contribution < 1.29 is 22.8 Å². The summed E-state index contributed by atoms with van der Waals surface area (Å²) in [5, 5.41) is 2.72. The minimum Gasteiger partial charge on any atom is -0.323 e. The molecule has 0 bridgehead atoms. The van der Waals surface area contributed by atoms with Crippen LogP contribution in [0.4, 0.5) is 24.5 Å². The Hall–Kier alpha value is -2.87. The van der Waals surface area contributed by atoms with Gasteiger partial charge in [0.1, 0.15) is 6.54 Å². The van der Waals surface area contributed by atoms with E-state index in [4.69, 9.17) is 0 Å². The lowest BCUT2D eigenvalue weighted by molar-refractivity contribution is -0.137. The fraction of sp³-hybridized carbons (Fsp3) is 0.263. The minimum absolute atomic E-state index is 0.0304. The number of nitrogens with one attached hydrogen (secondary N) is 1. The third-order valence-corrected chi connectivity index (χ3v) is 4.21. The Balaban J connectivity index is 1.65. The van der Waals surface area contributed by atoms with Crippen molar-refractivity contribution in [3.8, 4) is 0 Å². The Kier molecular flexibility index (Phi) is 5.18. The number of likely N-dealkylation sites (N-methyl/N-ethyl adjacent to an activating group) is 1. The number of benzene rings is 2. The lowest BCUT2D eigenvalue weighted by atomic mass is 10.1. The summed E-state index contributed by atoms with van der Waals surface area (Å²) in [4.78, 5) is 27.6. The minimum atomic E-state index is -4.37. The molecule has 142 valence electrons. The Morgan fingerprint density at radius 3 is 2.48 bits per heavy atom. The average molecular weight is 377 g/mol. The van der Waals surface area contributed by atoms with E-state index in [1.54, 1.807) is 36.2 Å². The van der Waals surface area contributed by atoms with Gasteiger partial charge in [-0.3, -0.25) is 19.4 Å². The van der Waals surface area contributed by atoms with Crippen molar-refractivity contribution in [3.63, 3.8) is 0 Å². The first kappa shape index (κ1) is 18.9. The molecule has 2 aromatic rings. The molecule has 2 amide bonds. The van der Waals surface area contributed by atoms with Gasteiger partial charge in [0.25, 0.3) is 0 Å². The molecular weight excluding hydrogens is 359 g/mol. The van der Waals surface area contributed by atoms with Crippen LogP contribution in [-0.2, 0) is 22.3 Å². The maximum Gasteiger partial charge on any atom is 0.416 e. The van der Waals surface area contributed by atoms with Gasteiger partial charge in [-0.05, 0) is 36.9 Å². The fourth-order valence-corrected chi connectivity index (χ4v) is 2.94. The summed E-state index contributed by atoms with van der Waals surface area (Å²) in [6.07, 6.45) is -4.37. The second kappa shape index (κ2) is 7.40. The van der Waals surface area contributed by atoms with E-state index in [1.165, 1.54) is 17.0 Å². The summed E-state index contributed by atoms with van der Waals surface area (Å²) in [5.74, 6) is -0.529. The van der Waals surface area contributed by atoms with Gasteiger partial charge in [0.2, 0.25) is 11.8 Å². The number of carbonyl (C=O) groups excluding carboxylic acids is 2. The van der Waals surface area contributed by atoms with Crippen molar-refractivity contribution in [2.75, 3.05) is 30.4 Å². The number of carbonyl (C=O) groups is 2. The lowest BCUT2D eigenvalue weighted by Crippen LogP contribution is -2.45. The first-order chi connectivity index (χ1) is 12.7. The molecule has 0 saturated heterocycles. The number of halogens is 3. The quantitative estimate of drug-likeness (QED) is 0.891. The number of amides is 2. The van der Waals surface area contributed by atoms with Crippen molar-refractivity contribution in [2.45, 2.75) is 12.7 Å². The summed E-state index contributed by atoms with van der Waals surface area (Å²) in [6.45, 7) is 0.276. The highest BCUT2D eigenvalue weighted by atomic mass is 19.4. The van der Waals surface area contributed by atoms with Gasteiger partial charge in [0.15, 0.2) is 0 Å². The van der Waals surface area contributed by atoms with Crippen LogP contribution >= 0.6 is 0 Å². The zero-order chi connectivity index (χ0) is 19.6. The summed E-state index contributed by atoms with van der Waals surface area (Å²) >= 11 is 0. The number of alkyl halides is 3. The number of para-hydroxylation sites is 2. The largest absolute Gasteiger partial charge is 0.416 e. The molecule has 1 N–H and O–H groups in total. The number of hydrogen-bond acceptors (Lipinski definition) is 3. The second-order valence-electron chi connectivity index (χ2n) is 6.41. The molecule has 1 aliphatic rings. The zero-order valence-corrected chi connectivity index (χ0v) is 14.6. The summed E-state index contributed by atoms with van der Waals surface area (Å²) in [7, 11) is 1.70. The average Bonchev–Trinajstić information content (AvgIpc) is 2.60. The van der Waals surface area contributed by atoms with E-state index in [0.29, 0.717) is 23.5 Å². The van der Waals surface area contributed by atoms with Gasteiger partial charge in [-0.25, -0.2) is 0 Å². The summed E-state index contributed by atoms with van der Waals surface area (Å²) in [5.41, 5.74) is 1.16. The molecule has 3 rings (SSSR count). The molecule has 8 heteroatoms. The molecule has 5 nitrogen and oxygen atoms in total. The smallest absolute Gasteiger partial charge is 0.323 e. The maximum absolute atomic E-state index is 12.6. The first-order valence-electron chi connectivity index (χ1n) is 8.28. The predicted molar refractivity (Wildman–Crippen MR) is 95.2 cm³/mol. The molecule has 0 fully saturated rings. The highest BCUT2D eigenvalue weighted by Crippen LogP contribution is 2.30. The molecule has 1 aliphatic heterocycles. The number of nitrogens with zero attached hydrogens (tertiary/aromatic N) is 2. The Morgan fingerprint density at radius 1 is 1.15 bits per heavy atom. The van der Waals surface area contributed by atoms with E-state index in [-0.39, 0.29) is 24.9 Å². The molecular formula is C19H18F3N3O2. The van der Waals surface area contributed by atoms with Crippen molar-refractivity contribution in [1.82, 2.24) is 4.90 Å². The van der Waals surface area contributed by atoms with E-state index in [2.05, 4.69) is 5.32 Å². The van der Waals surface area contributed by atoms with Crippen molar-refractivity contribution in [2.24, 2.45) is 0 Å². The van der Waals surface area contributed by atoms with Crippen LogP contribution in [0.25, 0.3) is 0 Å². The normalized spacial score (nSPS) is 14.1. The summed E-state index contributed by atoms with van der Waals surface area (Å²) in [6, 6.07) is 11.9. The van der Waals surface area contributed by atoms with Crippen LogP contribution in [0.15, 0.2) is 48.5 Å². The lowest BCUT2D eigenvalue weighted by Gasteiger charge is -2.30. The van der Waals surface area contributed by atoms with Gasteiger partial charge >= 0.3 is 6.18 Å². The molecule has 0 saturated carbocycles. The SMILES string of the molecule is CN(CC(=O)N1CC(=O)Nc2ccccc21)Cc1ccc(C(F)(F)F)cc1. The van der Waals surface area contributed by atoms with E-state index >= 15 is 0 Å². The van der Waals surface area contributed by atoms with Crippen LogP contribution in [0.5, 0.6) is 0 Å². The van der Waals surface area contributed by atoms with Gasteiger partial charge in [0.05, 0.1) is 23.5 Å². The topological polar surface area (TPSA) is 52.7 Å². The van der Waals surface area contributed by atoms with E-state index in [1.807, 2.05) is 0 Å². The molecule has 1 heterocycles. The molecule has 0 spiro atoms. The molecule has 0 aromatic heterocycles. The highest BCUT2D eigenvalue weighted by Gasteiger charge is 2.30. The number of fused-ring (bicyclic) bond motifs is 1. The predicted octanol–water partition coefficient (Wildman–Crippen LogP) is 3.12. The third kappa shape index (κ3) is 4.46. The van der Waals surface area contributed by atoms with Gasteiger partial charge in [-0.1, -0.05) is 24.3 Å². The van der Waals surface area contributed by atoms with Crippen molar-refractivity contribution >= 4 is 23.2 Å². The Bertz CT molecular complexity index is 850. The van der Waals surface area contributed by atoms with Crippen LogP contribution in [0.2, 0.25) is 0 Å². The highest BCUT2D eigenvalue weighted by molar-refractivity contribution is 6.10. The number of anilines is 2. The molecule has 27 heavy (non-hydrogen) atoms. The van der Waals surface area contributed by atoms with E-state index < -0.39 is 11.7 Å². The van der Waals surface area contributed by atoms with Crippen LogP contribution in [0.1, 0.15) is 11.1 Å². The second-order valence-corrected chi connectivity index (χ2v) is 6.41. The van der Waals surface area contributed by atoms with Crippen LogP contribution < -0.4 is 10.2 Å². The number of rotatable bonds is 4. The Morgan fingerprint density at radius 2 is 1.81 bits per heavy atom. The zero-order valence-electron chi connectivity index (χ0n) is 14.6. The van der Waals surface area contributed by atoms with Gasteiger partial charge in [-0.15, -0.1) is 0 Å². The molecule has 0 atom stereocenters. The molecule has 2 aromatic carbocycles. The van der Waals surface area contributed by atoms with E-state index in [0.717, 1.165) is 12.1 Å². The third-order valence-electron chi connectivity index (χ3n) is 4.21. The Labute approximate surface area is 154 Å². The fourth-order valence-electron chi connectivity index (χ4n) is 2.94. The summed E-state index contributed by atoms with van der Waals surface area (Å²) < 4.78 is 37.9. The standard InChI is InChI=1S/C19H18F3N3O2/c1-24(10-13-6-8-14(9-7-13)19(20,21)22)12-18(27)25-11-17(26)23-15-4-2-3-5-16(15)25/h2-9H,10-12H2,1H3,(H,23,26). The van der Waals surface area contributed by atoms with Gasteiger partial charge in [-0.2, -0.15) is 13.2 Å². The first-order valence-corrected chi connectivity index (χ1v) is 8.28. The van der Waals surface area contributed by atoms with Crippen molar-refractivity contribution in [3.05, 3.63) is 59.7 Å². The maximum atomic E-state index is 12.6. The molecule has 0 radical (unpaired) electrons. The van der Waals surface area contributed by atoms with Crippen LogP contribution in [0, 0.1) is 0 Å². The molecule has 0 aliphatic carbocycles. The van der Waals surface area contributed by atoms with Gasteiger partial charge < -0.3 is 5.32 Å². The van der Waals surface area contributed by atoms with Crippen molar-refractivity contribution in [1.29, 1.82) is 0 Å². The number of hydrogen-bond donors (Lipinski definition) is 1. The monoisotopic (exact) mass is 377 g/mol. The van der Waals surface area contributed by atoms with Crippen LogP contribution in [-0.4, -0.2) is 36.9 Å². The van der Waals surface area contributed by atoms with E-state index in [9.17, 15) is 22.8 Å².